The normalized spacial score (nSPS) is 15.7. The van der Waals surface area contributed by atoms with E-state index in [1.54, 1.807) is 4.68 Å². The van der Waals surface area contributed by atoms with Gasteiger partial charge in [-0.15, -0.1) is 0 Å². The van der Waals surface area contributed by atoms with E-state index in [9.17, 15) is 0 Å². The lowest BCUT2D eigenvalue weighted by Crippen LogP contribution is -2.35. The molecule has 0 unspecified atom stereocenters. The summed E-state index contributed by atoms with van der Waals surface area (Å²) in [5, 5.41) is 15.5. The lowest BCUT2D eigenvalue weighted by molar-refractivity contribution is 0.182. The van der Waals surface area contributed by atoms with Gasteiger partial charge in [0.15, 0.2) is 0 Å². The van der Waals surface area contributed by atoms with Crippen LogP contribution in [-0.4, -0.2) is 44.7 Å². The molecule has 0 bridgehead atoms. The Bertz CT molecular complexity index is 835. The molecular weight excluding hydrogens is 336 g/mol. The van der Waals surface area contributed by atoms with Gasteiger partial charge in [0.05, 0.1) is 5.69 Å². The lowest BCUT2D eigenvalue weighted by Gasteiger charge is -2.32. The number of hydrogen-bond acceptors (Lipinski definition) is 5. The first-order valence-electron chi connectivity index (χ1n) is 9.63. The first kappa shape index (κ1) is 17.7. The molecule has 1 fully saturated rings. The first-order chi connectivity index (χ1) is 13.3. The maximum absolute atomic E-state index is 4.14. The molecule has 6 nitrogen and oxygen atoms in total. The highest BCUT2D eigenvalue weighted by Gasteiger charge is 2.20. The molecule has 27 heavy (non-hydrogen) atoms. The van der Waals surface area contributed by atoms with Crippen molar-refractivity contribution in [1.82, 2.24) is 25.1 Å². The fraction of sp³-hybridized carbons (Fsp3) is 0.381. The summed E-state index contributed by atoms with van der Waals surface area (Å²) >= 11 is 0. The number of likely N-dealkylation sites (tertiary alicyclic amines) is 1. The zero-order chi connectivity index (χ0) is 18.5. The number of tetrazole rings is 1. The van der Waals surface area contributed by atoms with Crippen molar-refractivity contribution in [3.63, 3.8) is 0 Å². The Morgan fingerprint density at radius 2 is 1.74 bits per heavy atom. The molecule has 0 atom stereocenters. The van der Waals surface area contributed by atoms with Crippen molar-refractivity contribution >= 4 is 5.95 Å². The maximum atomic E-state index is 4.14. The summed E-state index contributed by atoms with van der Waals surface area (Å²) in [6, 6.07) is 18.9. The minimum Gasteiger partial charge on any atom is -0.352 e. The fourth-order valence-corrected chi connectivity index (χ4v) is 3.58. The summed E-state index contributed by atoms with van der Waals surface area (Å²) in [5.41, 5.74) is 3.69. The van der Waals surface area contributed by atoms with Crippen LogP contribution in [0.25, 0.3) is 5.69 Å². The molecule has 1 aromatic heterocycles. The number of aromatic nitrogens is 4. The van der Waals surface area contributed by atoms with Crippen LogP contribution < -0.4 is 5.32 Å². The van der Waals surface area contributed by atoms with Crippen molar-refractivity contribution in [2.45, 2.75) is 26.3 Å². The largest absolute Gasteiger partial charge is 0.352 e. The number of benzene rings is 2. The van der Waals surface area contributed by atoms with Crippen LogP contribution in [-0.2, 0) is 6.54 Å². The van der Waals surface area contributed by atoms with E-state index in [0.29, 0.717) is 11.9 Å². The molecule has 0 saturated carbocycles. The topological polar surface area (TPSA) is 58.9 Å². The summed E-state index contributed by atoms with van der Waals surface area (Å²) in [6.07, 6.45) is 2.40. The van der Waals surface area contributed by atoms with Crippen molar-refractivity contribution in [1.29, 1.82) is 0 Å². The first-order valence-corrected chi connectivity index (χ1v) is 9.63. The van der Waals surface area contributed by atoms with E-state index in [1.165, 1.54) is 24.0 Å². The van der Waals surface area contributed by atoms with Crippen LogP contribution in [0.2, 0.25) is 0 Å². The monoisotopic (exact) mass is 362 g/mol. The Labute approximate surface area is 160 Å². The molecule has 6 heteroatoms. The van der Waals surface area contributed by atoms with Crippen molar-refractivity contribution in [2.24, 2.45) is 5.92 Å². The highest BCUT2D eigenvalue weighted by Crippen LogP contribution is 2.20. The second kappa shape index (κ2) is 8.31. The van der Waals surface area contributed by atoms with Crippen LogP contribution in [0.15, 0.2) is 54.6 Å². The third-order valence-electron chi connectivity index (χ3n) is 5.25. The van der Waals surface area contributed by atoms with E-state index < -0.39 is 0 Å². The second-order valence-corrected chi connectivity index (χ2v) is 7.34. The molecule has 0 radical (unpaired) electrons. The van der Waals surface area contributed by atoms with Crippen LogP contribution in [0.5, 0.6) is 0 Å². The van der Waals surface area contributed by atoms with Crippen LogP contribution >= 0.6 is 0 Å². The third kappa shape index (κ3) is 4.52. The Morgan fingerprint density at radius 1 is 1.00 bits per heavy atom. The molecule has 4 rings (SSSR count). The maximum Gasteiger partial charge on any atom is 0.247 e. The molecule has 0 aliphatic carbocycles. The average Bonchev–Trinajstić information content (AvgIpc) is 3.19. The van der Waals surface area contributed by atoms with Crippen LogP contribution in [0.4, 0.5) is 5.95 Å². The predicted molar refractivity (Wildman–Crippen MR) is 107 cm³/mol. The number of nitrogens with zero attached hydrogens (tertiary/aromatic N) is 5. The Kier molecular flexibility index (Phi) is 5.44. The van der Waals surface area contributed by atoms with Crippen LogP contribution in [0.1, 0.15) is 24.0 Å². The van der Waals surface area contributed by atoms with E-state index in [1.807, 2.05) is 30.3 Å². The molecule has 1 N–H and O–H groups in total. The average molecular weight is 362 g/mol. The van der Waals surface area contributed by atoms with Crippen molar-refractivity contribution in [2.75, 3.05) is 25.0 Å². The van der Waals surface area contributed by atoms with Gasteiger partial charge in [-0.2, -0.15) is 4.68 Å². The molecule has 1 aliphatic heterocycles. The second-order valence-electron chi connectivity index (χ2n) is 7.34. The van der Waals surface area contributed by atoms with E-state index >= 15 is 0 Å². The SMILES string of the molecule is Cc1ccc(CN2CCC(CNc3nnnn3-c3ccccc3)CC2)cc1. The summed E-state index contributed by atoms with van der Waals surface area (Å²) in [4.78, 5) is 2.55. The molecule has 2 aromatic carbocycles. The summed E-state index contributed by atoms with van der Waals surface area (Å²) in [5.74, 6) is 1.36. The number of anilines is 1. The molecular formula is C21H26N6. The van der Waals surface area contributed by atoms with Gasteiger partial charge in [0.1, 0.15) is 0 Å². The Balaban J connectivity index is 1.27. The van der Waals surface area contributed by atoms with Crippen LogP contribution in [0.3, 0.4) is 0 Å². The minimum absolute atomic E-state index is 0.653. The number of aryl methyl sites for hydroxylation is 1. The number of piperidine rings is 1. The van der Waals surface area contributed by atoms with Gasteiger partial charge in [0.2, 0.25) is 5.95 Å². The minimum atomic E-state index is 0.653. The van der Waals surface area contributed by atoms with Gasteiger partial charge in [-0.1, -0.05) is 53.1 Å². The van der Waals surface area contributed by atoms with E-state index in [4.69, 9.17) is 0 Å². The van der Waals surface area contributed by atoms with E-state index in [-0.39, 0.29) is 0 Å². The number of rotatable bonds is 6. The van der Waals surface area contributed by atoms with Crippen molar-refractivity contribution < 1.29 is 0 Å². The van der Waals surface area contributed by atoms with Crippen molar-refractivity contribution in [3.05, 3.63) is 65.7 Å². The molecule has 0 amide bonds. The third-order valence-corrected chi connectivity index (χ3v) is 5.25. The Morgan fingerprint density at radius 3 is 2.48 bits per heavy atom. The number of nitrogens with one attached hydrogen (secondary N) is 1. The number of para-hydroxylation sites is 1. The predicted octanol–water partition coefficient (Wildman–Crippen LogP) is 3.29. The zero-order valence-corrected chi connectivity index (χ0v) is 15.8. The summed E-state index contributed by atoms with van der Waals surface area (Å²) in [7, 11) is 0. The van der Waals surface area contributed by atoms with E-state index in [2.05, 4.69) is 56.9 Å². The molecule has 0 spiro atoms. The highest BCUT2D eigenvalue weighted by molar-refractivity contribution is 5.38. The fourth-order valence-electron chi connectivity index (χ4n) is 3.58. The quantitative estimate of drug-likeness (QED) is 0.729. The molecule has 3 aromatic rings. The van der Waals surface area contributed by atoms with Gasteiger partial charge < -0.3 is 5.32 Å². The molecule has 140 valence electrons. The van der Waals surface area contributed by atoms with Gasteiger partial charge in [-0.3, -0.25) is 4.90 Å². The summed E-state index contributed by atoms with van der Waals surface area (Å²) in [6.45, 7) is 6.38. The molecule has 1 saturated heterocycles. The van der Waals surface area contributed by atoms with Gasteiger partial charge >= 0.3 is 0 Å². The van der Waals surface area contributed by atoms with E-state index in [0.717, 1.165) is 31.9 Å². The number of hydrogen-bond donors (Lipinski definition) is 1. The van der Waals surface area contributed by atoms with Gasteiger partial charge in [-0.25, -0.2) is 0 Å². The van der Waals surface area contributed by atoms with Gasteiger partial charge in [0, 0.05) is 13.1 Å². The summed E-state index contributed by atoms with van der Waals surface area (Å²) < 4.78 is 1.76. The molecule has 2 heterocycles. The van der Waals surface area contributed by atoms with Gasteiger partial charge in [0.25, 0.3) is 0 Å². The Hall–Kier alpha value is -2.73. The van der Waals surface area contributed by atoms with Gasteiger partial charge in [-0.05, 0) is 66.9 Å². The standard InChI is InChI=1S/C21H26N6/c1-17-7-9-19(10-8-17)16-26-13-11-18(12-14-26)15-22-21-23-24-25-27(21)20-5-3-2-4-6-20/h2-10,18H,11-16H2,1H3,(H,22,23,25). The lowest BCUT2D eigenvalue weighted by atomic mass is 9.96. The van der Waals surface area contributed by atoms with Crippen molar-refractivity contribution in [3.8, 4) is 5.69 Å². The van der Waals surface area contributed by atoms with Crippen LogP contribution in [0, 0.1) is 12.8 Å². The zero-order valence-electron chi connectivity index (χ0n) is 15.8. The molecule has 1 aliphatic rings. The highest BCUT2D eigenvalue weighted by atomic mass is 15.6. The smallest absolute Gasteiger partial charge is 0.247 e.